The summed E-state index contributed by atoms with van der Waals surface area (Å²) in [7, 11) is 1.49. The van der Waals surface area contributed by atoms with Crippen LogP contribution in [0.5, 0.6) is 17.2 Å². The van der Waals surface area contributed by atoms with Crippen LogP contribution in [0.4, 0.5) is 11.4 Å². The lowest BCUT2D eigenvalue weighted by Crippen LogP contribution is -2.18. The Morgan fingerprint density at radius 1 is 0.889 bits per heavy atom. The number of carbonyl (C=O) groups is 1. The van der Waals surface area contributed by atoms with Crippen LogP contribution in [0.2, 0.25) is 0 Å². The largest absolute Gasteiger partial charge is 0.496 e. The van der Waals surface area contributed by atoms with Gasteiger partial charge in [0.1, 0.15) is 11.5 Å². The highest BCUT2D eigenvalue weighted by atomic mass is 16.6. The van der Waals surface area contributed by atoms with Crippen molar-refractivity contribution in [1.82, 2.24) is 5.43 Å². The number of ether oxygens (including phenoxy) is 2. The molecule has 0 atom stereocenters. The van der Waals surface area contributed by atoms with Gasteiger partial charge in [-0.05, 0) is 58.8 Å². The van der Waals surface area contributed by atoms with E-state index in [0.29, 0.717) is 16.9 Å². The number of nitrogens with zero attached hydrogens (tertiary/aromatic N) is 3. The van der Waals surface area contributed by atoms with Gasteiger partial charge in [0.2, 0.25) is 5.75 Å². The maximum absolute atomic E-state index is 12.6. The van der Waals surface area contributed by atoms with Crippen molar-refractivity contribution in [2.45, 2.75) is 0 Å². The van der Waals surface area contributed by atoms with Crippen LogP contribution in [0.1, 0.15) is 15.9 Å². The van der Waals surface area contributed by atoms with E-state index in [2.05, 4.69) is 10.5 Å². The van der Waals surface area contributed by atoms with Gasteiger partial charge in [0.15, 0.2) is 0 Å². The predicted molar refractivity (Wildman–Crippen MR) is 132 cm³/mol. The van der Waals surface area contributed by atoms with Gasteiger partial charge in [0.05, 0.1) is 34.8 Å². The van der Waals surface area contributed by atoms with Gasteiger partial charge in [-0.15, -0.1) is 0 Å². The van der Waals surface area contributed by atoms with Crippen LogP contribution in [0.15, 0.2) is 84.0 Å². The highest BCUT2D eigenvalue weighted by Crippen LogP contribution is 2.34. The number of nitro benzene ring substituents is 2. The zero-order valence-corrected chi connectivity index (χ0v) is 18.8. The van der Waals surface area contributed by atoms with Crippen LogP contribution in [0.25, 0.3) is 10.8 Å². The molecule has 0 saturated heterocycles. The number of nitrogens with one attached hydrogen (secondary N) is 1. The molecule has 0 heterocycles. The van der Waals surface area contributed by atoms with Gasteiger partial charge in [0, 0.05) is 6.07 Å². The van der Waals surface area contributed by atoms with Crippen LogP contribution in [0, 0.1) is 20.2 Å². The summed E-state index contributed by atoms with van der Waals surface area (Å²) in [5, 5.41) is 27.9. The first kappa shape index (κ1) is 23.8. The van der Waals surface area contributed by atoms with E-state index < -0.39 is 27.1 Å². The fourth-order valence-electron chi connectivity index (χ4n) is 3.39. The van der Waals surface area contributed by atoms with E-state index in [1.807, 2.05) is 24.3 Å². The van der Waals surface area contributed by atoms with Crippen LogP contribution in [-0.4, -0.2) is 29.1 Å². The minimum atomic E-state index is -0.753. The number of hydrazone groups is 1. The number of fused-ring (bicyclic) bond motifs is 1. The minimum absolute atomic E-state index is 0.136. The third kappa shape index (κ3) is 5.25. The number of amides is 1. The number of non-ortho nitro benzene ring substituents is 1. The summed E-state index contributed by atoms with van der Waals surface area (Å²) in [4.78, 5) is 33.3. The molecule has 0 radical (unpaired) electrons. The van der Waals surface area contributed by atoms with Crippen molar-refractivity contribution < 1.29 is 24.1 Å². The summed E-state index contributed by atoms with van der Waals surface area (Å²) in [6.45, 7) is 0. The third-order valence-corrected chi connectivity index (χ3v) is 5.15. The fourth-order valence-corrected chi connectivity index (χ4v) is 3.39. The lowest BCUT2D eigenvalue weighted by atomic mass is 10.1. The molecule has 0 aliphatic heterocycles. The molecule has 4 rings (SSSR count). The molecular weight excluding hydrogens is 468 g/mol. The Kier molecular flexibility index (Phi) is 6.82. The predicted octanol–water partition coefficient (Wildman–Crippen LogP) is 5.22. The Balaban J connectivity index is 1.44. The number of nitro groups is 2. The van der Waals surface area contributed by atoms with Crippen LogP contribution in [-0.2, 0) is 0 Å². The van der Waals surface area contributed by atoms with Crippen molar-refractivity contribution >= 4 is 34.3 Å². The first-order valence-corrected chi connectivity index (χ1v) is 10.5. The van der Waals surface area contributed by atoms with E-state index in [0.717, 1.165) is 22.9 Å². The van der Waals surface area contributed by atoms with E-state index in [1.54, 1.807) is 36.4 Å². The molecule has 36 heavy (non-hydrogen) atoms. The summed E-state index contributed by atoms with van der Waals surface area (Å²) in [6, 6.07) is 20.6. The van der Waals surface area contributed by atoms with Crippen LogP contribution < -0.4 is 14.9 Å². The Morgan fingerprint density at radius 3 is 2.22 bits per heavy atom. The Morgan fingerprint density at radius 2 is 1.58 bits per heavy atom. The number of carbonyl (C=O) groups excluding carboxylic acids is 1. The Labute approximate surface area is 203 Å². The second kappa shape index (κ2) is 10.3. The maximum atomic E-state index is 12.6. The maximum Gasteiger partial charge on any atom is 0.318 e. The smallest absolute Gasteiger partial charge is 0.318 e. The number of rotatable bonds is 8. The van der Waals surface area contributed by atoms with E-state index in [1.165, 1.54) is 19.4 Å². The van der Waals surface area contributed by atoms with Crippen molar-refractivity contribution in [3.8, 4) is 17.2 Å². The van der Waals surface area contributed by atoms with Crippen molar-refractivity contribution in [3.05, 3.63) is 110 Å². The van der Waals surface area contributed by atoms with Crippen molar-refractivity contribution in [1.29, 1.82) is 0 Å². The normalized spacial score (nSPS) is 10.8. The van der Waals surface area contributed by atoms with Crippen molar-refractivity contribution in [3.63, 3.8) is 0 Å². The second-order valence-corrected chi connectivity index (χ2v) is 7.44. The molecule has 0 aromatic heterocycles. The van der Waals surface area contributed by atoms with Crippen LogP contribution >= 0.6 is 0 Å². The highest BCUT2D eigenvalue weighted by molar-refractivity contribution is 6.02. The SMILES string of the molecule is COc1cc2ccccc2cc1C(=O)N/N=C\c1ccc(Oc2ccc([N+](=O)[O-])cc2[N+](=O)[O-])cc1. The molecule has 180 valence electrons. The molecule has 0 bridgehead atoms. The molecule has 0 aliphatic carbocycles. The fraction of sp³-hybridized carbons (Fsp3) is 0.0400. The molecule has 1 amide bonds. The van der Waals surface area contributed by atoms with Gasteiger partial charge in [0.25, 0.3) is 11.6 Å². The molecule has 11 heteroatoms. The number of benzene rings is 4. The minimum Gasteiger partial charge on any atom is -0.496 e. The van der Waals surface area contributed by atoms with Gasteiger partial charge in [-0.3, -0.25) is 25.0 Å². The Bertz CT molecular complexity index is 1500. The molecule has 0 unspecified atom stereocenters. The highest BCUT2D eigenvalue weighted by Gasteiger charge is 2.21. The lowest BCUT2D eigenvalue weighted by molar-refractivity contribution is -0.394. The molecule has 0 spiro atoms. The molecule has 1 N–H and O–H groups in total. The zero-order chi connectivity index (χ0) is 25.7. The Hall–Kier alpha value is -5.32. The van der Waals surface area contributed by atoms with Crippen LogP contribution in [0.3, 0.4) is 0 Å². The number of methoxy groups -OCH3 is 1. The van der Waals surface area contributed by atoms with Crippen molar-refractivity contribution in [2.24, 2.45) is 5.10 Å². The molecule has 4 aromatic rings. The van der Waals surface area contributed by atoms with Gasteiger partial charge >= 0.3 is 5.69 Å². The average Bonchev–Trinajstić information content (AvgIpc) is 2.88. The number of hydrogen-bond donors (Lipinski definition) is 1. The lowest BCUT2D eigenvalue weighted by Gasteiger charge is -2.09. The molecule has 0 fully saturated rings. The van der Waals surface area contributed by atoms with Crippen molar-refractivity contribution in [2.75, 3.05) is 7.11 Å². The first-order valence-electron chi connectivity index (χ1n) is 10.5. The van der Waals surface area contributed by atoms with E-state index in [4.69, 9.17) is 9.47 Å². The molecule has 11 nitrogen and oxygen atoms in total. The topological polar surface area (TPSA) is 146 Å². The third-order valence-electron chi connectivity index (χ3n) is 5.15. The van der Waals surface area contributed by atoms with Gasteiger partial charge in [-0.2, -0.15) is 5.10 Å². The summed E-state index contributed by atoms with van der Waals surface area (Å²) < 4.78 is 10.9. The summed E-state index contributed by atoms with van der Waals surface area (Å²) in [5.41, 5.74) is 2.48. The van der Waals surface area contributed by atoms with Gasteiger partial charge in [-0.25, -0.2) is 5.43 Å². The standard InChI is InChI=1S/C25H18N4O7/c1-35-24-13-18-5-3-2-4-17(18)12-21(24)25(30)27-26-15-16-6-9-20(10-7-16)36-23-11-8-19(28(31)32)14-22(23)29(33)34/h2-15H,1H3,(H,27,30)/b26-15-. The van der Waals surface area contributed by atoms with E-state index in [9.17, 15) is 25.0 Å². The molecule has 0 aliphatic rings. The zero-order valence-electron chi connectivity index (χ0n) is 18.8. The van der Waals surface area contributed by atoms with E-state index >= 15 is 0 Å². The summed E-state index contributed by atoms with van der Waals surface area (Å²) in [5.74, 6) is 0.111. The monoisotopic (exact) mass is 486 g/mol. The van der Waals surface area contributed by atoms with E-state index in [-0.39, 0.29) is 11.5 Å². The molecule has 4 aromatic carbocycles. The second-order valence-electron chi connectivity index (χ2n) is 7.44. The van der Waals surface area contributed by atoms with Gasteiger partial charge < -0.3 is 9.47 Å². The first-order chi connectivity index (χ1) is 17.4. The molecule has 0 saturated carbocycles. The number of hydrogen-bond acceptors (Lipinski definition) is 8. The summed E-state index contributed by atoms with van der Waals surface area (Å²) in [6.07, 6.45) is 1.42. The molecular formula is C25H18N4O7. The quantitative estimate of drug-likeness (QED) is 0.204. The average molecular weight is 486 g/mol. The summed E-state index contributed by atoms with van der Waals surface area (Å²) >= 11 is 0. The van der Waals surface area contributed by atoms with Gasteiger partial charge in [-0.1, -0.05) is 24.3 Å².